The molecule has 1 rings (SSSR count). The summed E-state index contributed by atoms with van der Waals surface area (Å²) in [5, 5.41) is 10.5. The van der Waals surface area contributed by atoms with Gasteiger partial charge in [0.05, 0.1) is 5.71 Å². The van der Waals surface area contributed by atoms with Gasteiger partial charge in [-0.05, 0) is 33.3 Å². The number of carbonyl (C=O) groups is 1. The SMILES string of the molecule is CNC(=O)/C(=N/OC)c1ccccc1CO/N=C(\C)C(C)=C(C)C. The summed E-state index contributed by atoms with van der Waals surface area (Å²) in [4.78, 5) is 22.3. The zero-order valence-corrected chi connectivity index (χ0v) is 15.1. The molecule has 0 aromatic heterocycles. The molecule has 6 nitrogen and oxygen atoms in total. The highest BCUT2D eigenvalue weighted by molar-refractivity contribution is 6.45. The summed E-state index contributed by atoms with van der Waals surface area (Å²) in [7, 11) is 2.94. The van der Waals surface area contributed by atoms with Crippen LogP contribution in [-0.4, -0.2) is 31.5 Å². The van der Waals surface area contributed by atoms with E-state index in [4.69, 9.17) is 9.68 Å². The van der Waals surface area contributed by atoms with Crippen LogP contribution >= 0.6 is 0 Å². The van der Waals surface area contributed by atoms with Crippen LogP contribution in [0.15, 0.2) is 45.7 Å². The number of carbonyl (C=O) groups excluding carboxylic acids is 1. The van der Waals surface area contributed by atoms with Crippen LogP contribution in [0.1, 0.15) is 38.8 Å². The van der Waals surface area contributed by atoms with Crippen molar-refractivity contribution in [3.63, 3.8) is 0 Å². The predicted molar refractivity (Wildman–Crippen MR) is 96.0 cm³/mol. The van der Waals surface area contributed by atoms with Gasteiger partial charge in [0.1, 0.15) is 13.7 Å². The molecule has 0 radical (unpaired) electrons. The van der Waals surface area contributed by atoms with Gasteiger partial charge in [0, 0.05) is 18.2 Å². The van der Waals surface area contributed by atoms with Crippen molar-refractivity contribution in [2.75, 3.05) is 14.2 Å². The molecule has 0 saturated heterocycles. The zero-order valence-electron chi connectivity index (χ0n) is 15.1. The Morgan fingerprint density at radius 3 is 2.38 bits per heavy atom. The van der Waals surface area contributed by atoms with E-state index in [9.17, 15) is 4.79 Å². The Hall–Kier alpha value is -2.63. The van der Waals surface area contributed by atoms with Crippen LogP contribution in [0.3, 0.4) is 0 Å². The fourth-order valence-corrected chi connectivity index (χ4v) is 1.93. The highest BCUT2D eigenvalue weighted by atomic mass is 16.6. The van der Waals surface area contributed by atoms with E-state index in [0.29, 0.717) is 5.56 Å². The second kappa shape index (κ2) is 9.50. The molecule has 6 heteroatoms. The standard InChI is InChI=1S/C18H25N3O3/c1-12(2)13(3)14(4)20-24-11-15-9-7-8-10-16(15)17(21-23-6)18(22)19-5/h7-10H,11H2,1-6H3,(H,19,22)/b20-14+,21-17+. The van der Waals surface area contributed by atoms with Gasteiger partial charge in [-0.15, -0.1) is 0 Å². The van der Waals surface area contributed by atoms with Gasteiger partial charge < -0.3 is 15.0 Å². The lowest BCUT2D eigenvalue weighted by molar-refractivity contribution is -0.114. The van der Waals surface area contributed by atoms with Crippen molar-refractivity contribution in [3.05, 3.63) is 46.5 Å². The normalized spacial score (nSPS) is 11.8. The second-order valence-corrected chi connectivity index (χ2v) is 5.43. The minimum Gasteiger partial charge on any atom is -0.398 e. The number of hydrogen-bond acceptors (Lipinski definition) is 5. The summed E-state index contributed by atoms with van der Waals surface area (Å²) in [6, 6.07) is 7.36. The number of likely N-dealkylation sites (N-methyl/N-ethyl adjacent to an activating group) is 1. The molecule has 0 saturated carbocycles. The van der Waals surface area contributed by atoms with Crippen LogP contribution in [0.25, 0.3) is 0 Å². The first-order valence-corrected chi connectivity index (χ1v) is 7.64. The molecule has 1 amide bonds. The van der Waals surface area contributed by atoms with Gasteiger partial charge in [0.2, 0.25) is 0 Å². The van der Waals surface area contributed by atoms with Crippen molar-refractivity contribution in [3.8, 4) is 0 Å². The Bertz CT molecular complexity index is 672. The lowest BCUT2D eigenvalue weighted by atomic mass is 10.0. The summed E-state index contributed by atoms with van der Waals surface area (Å²) >= 11 is 0. The molecule has 0 aliphatic heterocycles. The van der Waals surface area contributed by atoms with Crippen LogP contribution < -0.4 is 5.32 Å². The van der Waals surface area contributed by atoms with E-state index in [1.165, 1.54) is 12.7 Å². The van der Waals surface area contributed by atoms with E-state index in [2.05, 4.69) is 15.6 Å². The molecule has 0 heterocycles. The Balaban J connectivity index is 3.03. The molecule has 1 aromatic carbocycles. The van der Waals surface area contributed by atoms with Crippen LogP contribution in [0.5, 0.6) is 0 Å². The van der Waals surface area contributed by atoms with Gasteiger partial charge in [0.15, 0.2) is 5.71 Å². The minimum absolute atomic E-state index is 0.195. The molecule has 130 valence electrons. The Morgan fingerprint density at radius 1 is 1.12 bits per heavy atom. The lowest BCUT2D eigenvalue weighted by Gasteiger charge is -2.10. The van der Waals surface area contributed by atoms with Crippen molar-refractivity contribution in [1.82, 2.24) is 5.32 Å². The number of allylic oxidation sites excluding steroid dienone is 2. The maximum absolute atomic E-state index is 12.0. The van der Waals surface area contributed by atoms with Crippen molar-refractivity contribution in [2.24, 2.45) is 10.3 Å². The van der Waals surface area contributed by atoms with E-state index >= 15 is 0 Å². The molecule has 0 unspecified atom stereocenters. The van der Waals surface area contributed by atoms with Crippen molar-refractivity contribution < 1.29 is 14.5 Å². The summed E-state index contributed by atoms with van der Waals surface area (Å²) in [5.41, 5.74) is 4.74. The third-order valence-electron chi connectivity index (χ3n) is 3.61. The Labute approximate surface area is 143 Å². The van der Waals surface area contributed by atoms with Crippen molar-refractivity contribution in [2.45, 2.75) is 34.3 Å². The smallest absolute Gasteiger partial charge is 0.273 e. The highest BCUT2D eigenvalue weighted by Gasteiger charge is 2.17. The summed E-state index contributed by atoms with van der Waals surface area (Å²) in [6.45, 7) is 8.18. The molecule has 0 spiro atoms. The first-order chi connectivity index (χ1) is 11.4. The summed E-state index contributed by atoms with van der Waals surface area (Å²) in [6.07, 6.45) is 0. The van der Waals surface area contributed by atoms with E-state index in [-0.39, 0.29) is 18.2 Å². The average molecular weight is 331 g/mol. The zero-order chi connectivity index (χ0) is 18.1. The highest BCUT2D eigenvalue weighted by Crippen LogP contribution is 2.13. The third kappa shape index (κ3) is 5.22. The maximum Gasteiger partial charge on any atom is 0.273 e. The van der Waals surface area contributed by atoms with Crippen LogP contribution in [0.2, 0.25) is 0 Å². The van der Waals surface area contributed by atoms with E-state index < -0.39 is 0 Å². The van der Waals surface area contributed by atoms with Crippen LogP contribution in [0.4, 0.5) is 0 Å². The number of oxime groups is 2. The number of benzene rings is 1. The largest absolute Gasteiger partial charge is 0.398 e. The average Bonchev–Trinajstić information content (AvgIpc) is 2.58. The molecule has 0 atom stereocenters. The van der Waals surface area contributed by atoms with Crippen molar-refractivity contribution in [1.29, 1.82) is 0 Å². The van der Waals surface area contributed by atoms with Gasteiger partial charge in [-0.3, -0.25) is 4.79 Å². The number of rotatable bonds is 7. The molecular weight excluding hydrogens is 306 g/mol. The van der Waals surface area contributed by atoms with Crippen LogP contribution in [0, 0.1) is 0 Å². The summed E-state index contributed by atoms with van der Waals surface area (Å²) in [5.74, 6) is -0.329. The number of nitrogens with zero attached hydrogens (tertiary/aromatic N) is 2. The predicted octanol–water partition coefficient (Wildman–Crippen LogP) is 3.03. The molecule has 1 aromatic rings. The Kier molecular flexibility index (Phi) is 7.68. The Morgan fingerprint density at radius 2 is 1.79 bits per heavy atom. The fraction of sp³-hybridized carbons (Fsp3) is 0.389. The maximum atomic E-state index is 12.0. The van der Waals surface area contributed by atoms with Gasteiger partial charge in [-0.1, -0.05) is 40.1 Å². The number of hydrogen-bond donors (Lipinski definition) is 1. The number of nitrogens with one attached hydrogen (secondary N) is 1. The molecule has 1 N–H and O–H groups in total. The first-order valence-electron chi connectivity index (χ1n) is 7.64. The molecule has 0 bridgehead atoms. The van der Waals surface area contributed by atoms with E-state index in [1.807, 2.05) is 45.9 Å². The quantitative estimate of drug-likeness (QED) is 0.616. The van der Waals surface area contributed by atoms with Gasteiger partial charge in [-0.2, -0.15) is 0 Å². The molecule has 0 aliphatic rings. The number of amides is 1. The first kappa shape index (κ1) is 19.4. The lowest BCUT2D eigenvalue weighted by Crippen LogP contribution is -2.29. The van der Waals surface area contributed by atoms with Gasteiger partial charge in [-0.25, -0.2) is 0 Å². The molecule has 0 aliphatic carbocycles. The van der Waals surface area contributed by atoms with Crippen molar-refractivity contribution >= 4 is 17.3 Å². The fourth-order valence-electron chi connectivity index (χ4n) is 1.93. The topological polar surface area (TPSA) is 72.3 Å². The van der Waals surface area contributed by atoms with Gasteiger partial charge >= 0.3 is 0 Å². The van der Waals surface area contributed by atoms with E-state index in [1.54, 1.807) is 13.1 Å². The second-order valence-electron chi connectivity index (χ2n) is 5.43. The summed E-state index contributed by atoms with van der Waals surface area (Å²) < 4.78 is 0. The monoisotopic (exact) mass is 331 g/mol. The van der Waals surface area contributed by atoms with Crippen LogP contribution in [-0.2, 0) is 21.1 Å². The molecule has 24 heavy (non-hydrogen) atoms. The molecule has 0 fully saturated rings. The third-order valence-corrected chi connectivity index (χ3v) is 3.61. The molecular formula is C18H25N3O3. The van der Waals surface area contributed by atoms with Gasteiger partial charge in [0.25, 0.3) is 5.91 Å². The minimum atomic E-state index is -0.329. The van der Waals surface area contributed by atoms with E-state index in [0.717, 1.165) is 16.8 Å².